The highest BCUT2D eigenvalue weighted by Crippen LogP contribution is 2.23. The van der Waals surface area contributed by atoms with Crippen LogP contribution in [0.25, 0.3) is 0 Å². The van der Waals surface area contributed by atoms with Gasteiger partial charge in [-0.15, -0.1) is 0 Å². The van der Waals surface area contributed by atoms with Crippen LogP contribution in [0.3, 0.4) is 0 Å². The quantitative estimate of drug-likeness (QED) is 0.476. The number of ketones is 1. The number of hydrogen-bond donors (Lipinski definition) is 0. The molecule has 1 aromatic carbocycles. The highest BCUT2D eigenvalue weighted by Gasteiger charge is 2.33. The molecule has 0 fully saturated rings. The van der Waals surface area contributed by atoms with Gasteiger partial charge in [-0.1, -0.05) is 29.8 Å². The smallest absolute Gasteiger partial charge is 0.326 e. The molecule has 0 aliphatic rings. The summed E-state index contributed by atoms with van der Waals surface area (Å²) in [6, 6.07) is 10.3. The third-order valence-electron chi connectivity index (χ3n) is 3.88. The van der Waals surface area contributed by atoms with Gasteiger partial charge in [0, 0.05) is 18.3 Å². The minimum absolute atomic E-state index is 0.197. The van der Waals surface area contributed by atoms with Crippen LogP contribution in [0.2, 0.25) is 0 Å². The van der Waals surface area contributed by atoms with Gasteiger partial charge in [0.25, 0.3) is 0 Å². The molecule has 24 heavy (non-hydrogen) atoms. The summed E-state index contributed by atoms with van der Waals surface area (Å²) in [5.74, 6) is -2.91. The normalized spacial score (nSPS) is 10.5. The monoisotopic (exact) mass is 329 g/mol. The molecule has 0 radical (unpaired) electrons. The number of ether oxygens (including phenoxy) is 2. The fourth-order valence-electron chi connectivity index (χ4n) is 2.47. The van der Waals surface area contributed by atoms with Crippen molar-refractivity contribution in [1.82, 2.24) is 4.57 Å². The number of rotatable bonds is 5. The lowest BCUT2D eigenvalue weighted by Gasteiger charge is -2.14. The topological polar surface area (TPSA) is 74.6 Å². The average Bonchev–Trinajstić information content (AvgIpc) is 2.96. The van der Waals surface area contributed by atoms with Crippen molar-refractivity contribution in [2.24, 2.45) is 7.05 Å². The van der Waals surface area contributed by atoms with Crippen molar-refractivity contribution in [3.63, 3.8) is 0 Å². The zero-order valence-electron chi connectivity index (χ0n) is 14.0. The molecule has 0 saturated carbocycles. The minimum atomic E-state index is -1.23. The Morgan fingerprint density at radius 3 is 1.96 bits per heavy atom. The van der Waals surface area contributed by atoms with Crippen molar-refractivity contribution >= 4 is 17.7 Å². The SMILES string of the molecule is COC(=O)C(C(=O)OC)c1ccc(C(=O)c2ccc(C)cc2)n1C. The van der Waals surface area contributed by atoms with Gasteiger partial charge in [0.15, 0.2) is 5.92 Å². The van der Waals surface area contributed by atoms with Gasteiger partial charge in [0.2, 0.25) is 5.78 Å². The van der Waals surface area contributed by atoms with E-state index in [1.807, 2.05) is 19.1 Å². The van der Waals surface area contributed by atoms with E-state index in [2.05, 4.69) is 9.47 Å². The second-order valence-electron chi connectivity index (χ2n) is 5.38. The molecule has 0 bridgehead atoms. The number of nitrogens with zero attached hydrogens (tertiary/aromatic N) is 1. The van der Waals surface area contributed by atoms with E-state index in [0.717, 1.165) is 5.56 Å². The first kappa shape index (κ1) is 17.5. The number of aromatic nitrogens is 1. The Labute approximate surface area is 140 Å². The third-order valence-corrected chi connectivity index (χ3v) is 3.88. The largest absolute Gasteiger partial charge is 0.468 e. The molecular weight excluding hydrogens is 310 g/mol. The van der Waals surface area contributed by atoms with Crippen LogP contribution in [0.5, 0.6) is 0 Å². The van der Waals surface area contributed by atoms with E-state index < -0.39 is 17.9 Å². The van der Waals surface area contributed by atoms with Crippen molar-refractivity contribution in [3.8, 4) is 0 Å². The van der Waals surface area contributed by atoms with Gasteiger partial charge in [0.1, 0.15) is 0 Å². The molecule has 0 unspecified atom stereocenters. The van der Waals surface area contributed by atoms with Crippen molar-refractivity contribution in [3.05, 3.63) is 58.9 Å². The first-order valence-corrected chi connectivity index (χ1v) is 7.33. The summed E-state index contributed by atoms with van der Waals surface area (Å²) in [5.41, 5.74) is 2.28. The highest BCUT2D eigenvalue weighted by molar-refractivity contribution is 6.08. The standard InChI is InChI=1S/C18H19NO5/c1-11-5-7-12(8-6-11)16(20)14-10-9-13(19(14)2)15(17(21)23-3)18(22)24-4/h5-10,15H,1-4H3. The predicted molar refractivity (Wildman–Crippen MR) is 86.8 cm³/mol. The van der Waals surface area contributed by atoms with Crippen molar-refractivity contribution in [2.45, 2.75) is 12.8 Å². The fraction of sp³-hybridized carbons (Fsp3) is 0.278. The summed E-state index contributed by atoms with van der Waals surface area (Å²) in [7, 11) is 4.01. The van der Waals surface area contributed by atoms with E-state index in [9.17, 15) is 14.4 Å². The van der Waals surface area contributed by atoms with Gasteiger partial charge >= 0.3 is 11.9 Å². The molecule has 0 N–H and O–H groups in total. The number of carbonyl (C=O) groups excluding carboxylic acids is 3. The zero-order chi connectivity index (χ0) is 17.9. The Morgan fingerprint density at radius 2 is 1.46 bits per heavy atom. The van der Waals surface area contributed by atoms with Gasteiger partial charge in [-0.2, -0.15) is 0 Å². The molecule has 1 heterocycles. The van der Waals surface area contributed by atoms with Gasteiger partial charge in [-0.3, -0.25) is 14.4 Å². The van der Waals surface area contributed by atoms with Crippen LogP contribution in [-0.4, -0.2) is 36.5 Å². The molecular formula is C18H19NO5. The molecule has 2 rings (SSSR count). The molecule has 0 spiro atoms. The zero-order valence-corrected chi connectivity index (χ0v) is 14.0. The van der Waals surface area contributed by atoms with E-state index in [0.29, 0.717) is 17.0 Å². The van der Waals surface area contributed by atoms with Gasteiger partial charge in [-0.05, 0) is 19.1 Å². The lowest BCUT2D eigenvalue weighted by Crippen LogP contribution is -2.26. The minimum Gasteiger partial charge on any atom is -0.468 e. The van der Waals surface area contributed by atoms with E-state index in [-0.39, 0.29) is 5.78 Å². The molecule has 6 heteroatoms. The number of benzene rings is 1. The molecule has 0 aliphatic carbocycles. The number of aryl methyl sites for hydroxylation is 1. The Kier molecular flexibility index (Phi) is 5.18. The molecule has 1 aromatic heterocycles. The first-order chi connectivity index (χ1) is 11.4. The van der Waals surface area contributed by atoms with Gasteiger partial charge in [-0.25, -0.2) is 0 Å². The molecule has 0 amide bonds. The molecule has 6 nitrogen and oxygen atoms in total. The molecule has 0 aliphatic heterocycles. The van der Waals surface area contributed by atoms with Crippen molar-refractivity contribution in [1.29, 1.82) is 0 Å². The fourth-order valence-corrected chi connectivity index (χ4v) is 2.47. The molecule has 2 aromatic rings. The Bertz CT molecular complexity index is 757. The Morgan fingerprint density at radius 1 is 0.917 bits per heavy atom. The third kappa shape index (κ3) is 3.22. The van der Waals surface area contributed by atoms with E-state index in [4.69, 9.17) is 0 Å². The molecule has 0 saturated heterocycles. The molecule has 0 atom stereocenters. The predicted octanol–water partition coefficient (Wildman–Crippen LogP) is 1.99. The summed E-state index contributed by atoms with van der Waals surface area (Å²) < 4.78 is 10.9. The lowest BCUT2D eigenvalue weighted by molar-refractivity contribution is -0.154. The van der Waals surface area contributed by atoms with Crippen LogP contribution in [-0.2, 0) is 26.1 Å². The summed E-state index contributed by atoms with van der Waals surface area (Å²) in [5, 5.41) is 0. The summed E-state index contributed by atoms with van der Waals surface area (Å²) in [6.45, 7) is 1.94. The van der Waals surface area contributed by atoms with Crippen LogP contribution < -0.4 is 0 Å². The maximum Gasteiger partial charge on any atom is 0.326 e. The second kappa shape index (κ2) is 7.12. The molecule has 126 valence electrons. The number of carbonyl (C=O) groups is 3. The highest BCUT2D eigenvalue weighted by atomic mass is 16.5. The van der Waals surface area contributed by atoms with E-state index >= 15 is 0 Å². The van der Waals surface area contributed by atoms with Crippen molar-refractivity contribution < 1.29 is 23.9 Å². The van der Waals surface area contributed by atoms with E-state index in [1.165, 1.54) is 18.8 Å². The van der Waals surface area contributed by atoms with Gasteiger partial charge < -0.3 is 14.0 Å². The summed E-state index contributed by atoms with van der Waals surface area (Å²) in [6.07, 6.45) is 0. The Balaban J connectivity index is 2.42. The van der Waals surface area contributed by atoms with Crippen LogP contribution in [0.4, 0.5) is 0 Å². The van der Waals surface area contributed by atoms with Crippen LogP contribution in [0, 0.1) is 6.92 Å². The Hall–Kier alpha value is -2.89. The van der Waals surface area contributed by atoms with Crippen LogP contribution in [0.15, 0.2) is 36.4 Å². The van der Waals surface area contributed by atoms with Gasteiger partial charge in [0.05, 0.1) is 19.9 Å². The first-order valence-electron chi connectivity index (χ1n) is 7.33. The summed E-state index contributed by atoms with van der Waals surface area (Å²) >= 11 is 0. The number of hydrogen-bond acceptors (Lipinski definition) is 5. The maximum absolute atomic E-state index is 12.6. The summed E-state index contributed by atoms with van der Waals surface area (Å²) in [4.78, 5) is 36.5. The van der Waals surface area contributed by atoms with Crippen molar-refractivity contribution in [2.75, 3.05) is 14.2 Å². The van der Waals surface area contributed by atoms with Crippen LogP contribution in [0.1, 0.15) is 33.2 Å². The average molecular weight is 329 g/mol. The van der Waals surface area contributed by atoms with Crippen LogP contribution >= 0.6 is 0 Å². The number of methoxy groups -OCH3 is 2. The second-order valence-corrected chi connectivity index (χ2v) is 5.38. The maximum atomic E-state index is 12.6. The number of esters is 2. The van der Waals surface area contributed by atoms with E-state index in [1.54, 1.807) is 31.3 Å². The lowest BCUT2D eigenvalue weighted by atomic mass is 10.1.